The van der Waals surface area contributed by atoms with E-state index in [9.17, 15) is 0 Å². The number of rotatable bonds is 1. The Bertz CT molecular complexity index is 2190. The van der Waals surface area contributed by atoms with Crippen LogP contribution in [0, 0.1) is 6.92 Å². The first-order chi connectivity index (χ1) is 17.9. The van der Waals surface area contributed by atoms with Gasteiger partial charge >= 0.3 is 0 Å². The van der Waals surface area contributed by atoms with E-state index in [0.717, 1.165) is 5.69 Å². The maximum atomic E-state index is 4.77. The highest BCUT2D eigenvalue weighted by Crippen LogP contribution is 2.48. The molecule has 3 heteroatoms. The van der Waals surface area contributed by atoms with E-state index in [-0.39, 0.29) is 5.41 Å². The van der Waals surface area contributed by atoms with E-state index in [1.54, 1.807) is 0 Å². The van der Waals surface area contributed by atoms with E-state index in [1.807, 2.05) is 17.5 Å². The van der Waals surface area contributed by atoms with E-state index in [4.69, 9.17) is 4.98 Å². The molecule has 2 nitrogen and oxygen atoms in total. The summed E-state index contributed by atoms with van der Waals surface area (Å²) in [6.45, 7) is 8.96. The Kier molecular flexibility index (Phi) is 4.05. The molecule has 178 valence electrons. The van der Waals surface area contributed by atoms with Crippen molar-refractivity contribution >= 4 is 69.6 Å². The average molecular weight is 495 g/mol. The van der Waals surface area contributed by atoms with Crippen molar-refractivity contribution in [1.82, 2.24) is 9.38 Å². The van der Waals surface area contributed by atoms with Crippen LogP contribution in [0.5, 0.6) is 0 Å². The van der Waals surface area contributed by atoms with Gasteiger partial charge in [0.25, 0.3) is 0 Å². The molecule has 0 spiro atoms. The van der Waals surface area contributed by atoms with Crippen LogP contribution in [-0.4, -0.2) is 9.38 Å². The van der Waals surface area contributed by atoms with E-state index in [0.29, 0.717) is 0 Å². The van der Waals surface area contributed by atoms with Crippen LogP contribution in [0.3, 0.4) is 0 Å². The Morgan fingerprint density at radius 1 is 0.703 bits per heavy atom. The quantitative estimate of drug-likeness (QED) is 0.222. The number of hydrogen-bond donors (Lipinski definition) is 0. The van der Waals surface area contributed by atoms with Gasteiger partial charge in [-0.05, 0) is 66.4 Å². The third-order valence-corrected chi connectivity index (χ3v) is 9.09. The van der Waals surface area contributed by atoms with Crippen molar-refractivity contribution in [3.63, 3.8) is 0 Å². The summed E-state index contributed by atoms with van der Waals surface area (Å²) in [5, 5.41) is 8.10. The maximum absolute atomic E-state index is 4.77. The normalized spacial score (nSPS) is 12.9. The van der Waals surface area contributed by atoms with E-state index in [1.165, 1.54) is 75.0 Å². The second-order valence-corrected chi connectivity index (χ2v) is 12.5. The van der Waals surface area contributed by atoms with Crippen LogP contribution in [0.25, 0.3) is 69.5 Å². The molecule has 0 atom stereocenters. The van der Waals surface area contributed by atoms with Gasteiger partial charge in [-0.2, -0.15) is 0 Å². The topological polar surface area (TPSA) is 17.3 Å². The van der Waals surface area contributed by atoms with Crippen molar-refractivity contribution in [2.24, 2.45) is 0 Å². The van der Waals surface area contributed by atoms with Crippen LogP contribution >= 0.6 is 11.3 Å². The van der Waals surface area contributed by atoms with Gasteiger partial charge in [0.1, 0.15) is 0 Å². The van der Waals surface area contributed by atoms with Crippen LogP contribution in [0.15, 0.2) is 85.1 Å². The summed E-state index contributed by atoms with van der Waals surface area (Å²) >= 11 is 1.90. The van der Waals surface area contributed by atoms with Crippen LogP contribution in [0.2, 0.25) is 0 Å². The zero-order valence-electron chi connectivity index (χ0n) is 21.4. The summed E-state index contributed by atoms with van der Waals surface area (Å²) in [5.74, 6) is 0. The highest BCUT2D eigenvalue weighted by Gasteiger charge is 2.23. The molecular formula is C34H26N2S. The minimum absolute atomic E-state index is 0.0855. The number of hydrogen-bond acceptors (Lipinski definition) is 2. The number of benzene rings is 4. The molecule has 0 saturated carbocycles. The summed E-state index contributed by atoms with van der Waals surface area (Å²) in [7, 11) is 0. The van der Waals surface area contributed by atoms with Crippen molar-refractivity contribution in [3.8, 4) is 11.3 Å². The van der Waals surface area contributed by atoms with Gasteiger partial charge in [0.05, 0.1) is 22.2 Å². The number of thiophene rings is 1. The van der Waals surface area contributed by atoms with Crippen molar-refractivity contribution in [2.45, 2.75) is 33.1 Å². The molecule has 0 radical (unpaired) electrons. The number of aryl methyl sites for hydroxylation is 1. The number of aromatic nitrogens is 2. The second-order valence-electron chi connectivity index (χ2n) is 11.4. The third kappa shape index (κ3) is 2.83. The average Bonchev–Trinajstić information content (AvgIpc) is 3.53. The van der Waals surface area contributed by atoms with Gasteiger partial charge in [-0.3, -0.25) is 4.98 Å². The zero-order chi connectivity index (χ0) is 25.1. The molecule has 0 saturated heterocycles. The minimum atomic E-state index is 0.0855. The highest BCUT2D eigenvalue weighted by molar-refractivity contribution is 7.26. The highest BCUT2D eigenvalue weighted by atomic mass is 32.1. The van der Waals surface area contributed by atoms with E-state index < -0.39 is 0 Å². The Hall–Kier alpha value is -3.95. The monoisotopic (exact) mass is 494 g/mol. The molecule has 0 N–H and O–H groups in total. The van der Waals surface area contributed by atoms with Crippen molar-refractivity contribution in [1.29, 1.82) is 0 Å². The lowest BCUT2D eigenvalue weighted by Crippen LogP contribution is -2.11. The molecular weight excluding hydrogens is 468 g/mol. The van der Waals surface area contributed by atoms with Crippen molar-refractivity contribution < 1.29 is 0 Å². The van der Waals surface area contributed by atoms with Crippen molar-refractivity contribution in [3.05, 3.63) is 96.2 Å². The maximum Gasteiger partial charge on any atom is 0.0705 e. The van der Waals surface area contributed by atoms with Crippen LogP contribution < -0.4 is 0 Å². The van der Waals surface area contributed by atoms with Gasteiger partial charge in [0.15, 0.2) is 0 Å². The van der Waals surface area contributed by atoms with Gasteiger partial charge in [-0.25, -0.2) is 0 Å². The molecule has 0 aliphatic carbocycles. The molecule has 8 aromatic rings. The molecule has 0 unspecified atom stereocenters. The second kappa shape index (κ2) is 7.08. The van der Waals surface area contributed by atoms with E-state index >= 15 is 0 Å². The zero-order valence-corrected chi connectivity index (χ0v) is 22.2. The third-order valence-electron chi connectivity index (χ3n) is 7.98. The summed E-state index contributed by atoms with van der Waals surface area (Å²) in [6, 6.07) is 29.4. The Morgan fingerprint density at radius 3 is 2.38 bits per heavy atom. The fourth-order valence-electron chi connectivity index (χ4n) is 6.15. The molecule has 8 rings (SSSR count). The number of pyridine rings is 1. The molecule has 37 heavy (non-hydrogen) atoms. The molecule has 0 fully saturated rings. The molecule has 0 aliphatic rings. The van der Waals surface area contributed by atoms with Gasteiger partial charge in [0.2, 0.25) is 0 Å². The standard InChI is InChI=1S/C34H26N2S/c1-19-9-11-28-25(15-19)32-31-22-7-5-6-8-29(22)37-30(31)18-24-23-16-20(10-12-27(23)36(28)33(24)32)26-17-21(13-14-35-26)34(2,3)4/h5-18H,1-4H3. The summed E-state index contributed by atoms with van der Waals surface area (Å²) < 4.78 is 5.20. The lowest BCUT2D eigenvalue weighted by molar-refractivity contribution is 0.589. The largest absolute Gasteiger partial charge is 0.308 e. The molecule has 4 aromatic carbocycles. The first kappa shape index (κ1) is 21.2. The molecule has 4 heterocycles. The molecule has 0 amide bonds. The SMILES string of the molecule is Cc1ccc2c(c1)c1c3c(cc4c5cc(-c6cc(C(C)(C)C)ccn6)ccc5n2c41)sc1ccccc13. The van der Waals surface area contributed by atoms with Gasteiger partial charge in [0, 0.05) is 53.5 Å². The molecule has 4 aromatic heterocycles. The van der Waals surface area contributed by atoms with E-state index in [2.05, 4.69) is 111 Å². The lowest BCUT2D eigenvalue weighted by Gasteiger charge is -2.19. The smallest absolute Gasteiger partial charge is 0.0705 e. The summed E-state index contributed by atoms with van der Waals surface area (Å²) in [6.07, 6.45) is 1.95. The van der Waals surface area contributed by atoms with Crippen LogP contribution in [0.4, 0.5) is 0 Å². The minimum Gasteiger partial charge on any atom is -0.308 e. The van der Waals surface area contributed by atoms with Crippen LogP contribution in [-0.2, 0) is 5.41 Å². The lowest BCUT2D eigenvalue weighted by atomic mass is 9.87. The fourth-order valence-corrected chi connectivity index (χ4v) is 7.31. The fraction of sp³-hybridized carbons (Fsp3) is 0.147. The Morgan fingerprint density at radius 2 is 1.51 bits per heavy atom. The molecule has 0 bridgehead atoms. The predicted octanol–water partition coefficient (Wildman–Crippen LogP) is 9.87. The Balaban J connectivity index is 1.54. The predicted molar refractivity (Wildman–Crippen MR) is 161 cm³/mol. The van der Waals surface area contributed by atoms with Crippen LogP contribution in [0.1, 0.15) is 31.9 Å². The summed E-state index contributed by atoms with van der Waals surface area (Å²) in [5.41, 5.74) is 8.76. The number of fused-ring (bicyclic) bond motifs is 10. The van der Waals surface area contributed by atoms with Gasteiger partial charge in [-0.15, -0.1) is 11.3 Å². The first-order valence-corrected chi connectivity index (χ1v) is 13.7. The Labute approximate surface area is 219 Å². The number of nitrogens with zero attached hydrogens (tertiary/aromatic N) is 2. The van der Waals surface area contributed by atoms with Crippen molar-refractivity contribution in [2.75, 3.05) is 0 Å². The van der Waals surface area contributed by atoms with Gasteiger partial charge in [-0.1, -0.05) is 56.7 Å². The molecule has 0 aliphatic heterocycles. The summed E-state index contributed by atoms with van der Waals surface area (Å²) in [4.78, 5) is 4.77. The van der Waals surface area contributed by atoms with Gasteiger partial charge < -0.3 is 4.40 Å². The first-order valence-electron chi connectivity index (χ1n) is 12.9.